The first kappa shape index (κ1) is 25.1. The fourth-order valence-electron chi connectivity index (χ4n) is 3.78. The van der Waals surface area contributed by atoms with Crippen LogP contribution in [0.3, 0.4) is 0 Å². The van der Waals surface area contributed by atoms with Crippen molar-refractivity contribution in [3.63, 3.8) is 0 Å². The second-order valence-corrected chi connectivity index (χ2v) is 12.7. The van der Waals surface area contributed by atoms with E-state index in [0.29, 0.717) is 29.1 Å². The van der Waals surface area contributed by atoms with Gasteiger partial charge in [0.15, 0.2) is 11.5 Å². The van der Waals surface area contributed by atoms with Crippen LogP contribution in [-0.4, -0.2) is 48.1 Å². The molecule has 0 radical (unpaired) electrons. The summed E-state index contributed by atoms with van der Waals surface area (Å²) in [6.07, 6.45) is 3.52. The third-order valence-electron chi connectivity index (χ3n) is 5.59. The molecule has 1 N–H and O–H groups in total. The lowest BCUT2D eigenvalue weighted by Gasteiger charge is -2.15. The second-order valence-electron chi connectivity index (χ2n) is 9.81. The van der Waals surface area contributed by atoms with E-state index in [-0.39, 0.29) is 11.2 Å². The van der Waals surface area contributed by atoms with Crippen LogP contribution >= 0.6 is 11.3 Å². The van der Waals surface area contributed by atoms with Crippen LogP contribution in [0.15, 0.2) is 36.4 Å². The molecule has 0 bridgehead atoms. The highest BCUT2D eigenvalue weighted by Crippen LogP contribution is 2.29. The largest absolute Gasteiger partial charge is 0.370 e. The van der Waals surface area contributed by atoms with Gasteiger partial charge in [0, 0.05) is 35.2 Å². The van der Waals surface area contributed by atoms with E-state index < -0.39 is 10.0 Å². The van der Waals surface area contributed by atoms with Gasteiger partial charge in [-0.05, 0) is 36.8 Å². The topological polar surface area (TPSA) is 92.5 Å². The molecule has 0 spiro atoms. The van der Waals surface area contributed by atoms with E-state index in [1.807, 2.05) is 33.2 Å². The standard InChI is InChI=1S/C25H32N6O2S2/c1-7-8-15-35(32,33)29-20-12-10-9-11-18(20)23-26-27-24-19(22(25(2,3)4)28-31(23)24)16-17-13-14-21(34-17)30(5)6/h9-14,16,29H,7-8,15H2,1-6H3/b19-16-. The quantitative estimate of drug-likeness (QED) is 0.378. The van der Waals surface area contributed by atoms with E-state index in [1.54, 1.807) is 28.0 Å². The number of rotatable bonds is 8. The molecule has 3 heterocycles. The van der Waals surface area contributed by atoms with Crippen molar-refractivity contribution >= 4 is 43.8 Å². The highest BCUT2D eigenvalue weighted by molar-refractivity contribution is 7.92. The molecule has 4 aromatic rings. The SMILES string of the molecule is CCCCS(=O)(=O)Nc1ccccc1-c1nnc2/c(=C\c3ccc(N(C)C)s3)c(C(C)(C)C)nn12. The highest BCUT2D eigenvalue weighted by atomic mass is 32.2. The minimum Gasteiger partial charge on any atom is -0.370 e. The number of unbranched alkanes of at least 4 members (excludes halogenated alkanes) is 1. The Hall–Kier alpha value is -2.98. The molecule has 8 nitrogen and oxygen atoms in total. The van der Waals surface area contributed by atoms with E-state index in [2.05, 4.69) is 58.8 Å². The summed E-state index contributed by atoms with van der Waals surface area (Å²) in [5.41, 5.74) is 2.43. The summed E-state index contributed by atoms with van der Waals surface area (Å²) in [4.78, 5) is 3.18. The monoisotopic (exact) mass is 512 g/mol. The summed E-state index contributed by atoms with van der Waals surface area (Å²) in [7, 11) is 0.578. The van der Waals surface area contributed by atoms with Crippen LogP contribution in [0.2, 0.25) is 0 Å². The zero-order valence-electron chi connectivity index (χ0n) is 21.0. The van der Waals surface area contributed by atoms with Gasteiger partial charge in [0.05, 0.1) is 22.1 Å². The first-order valence-electron chi connectivity index (χ1n) is 11.6. The predicted molar refractivity (Wildman–Crippen MR) is 145 cm³/mol. The summed E-state index contributed by atoms with van der Waals surface area (Å²) in [6, 6.07) is 11.4. The summed E-state index contributed by atoms with van der Waals surface area (Å²) >= 11 is 1.69. The first-order valence-corrected chi connectivity index (χ1v) is 14.1. The molecule has 0 aliphatic carbocycles. The number of fused-ring (bicyclic) bond motifs is 1. The number of thiophene rings is 1. The molecule has 10 heteroatoms. The van der Waals surface area contributed by atoms with Gasteiger partial charge < -0.3 is 4.90 Å². The van der Waals surface area contributed by atoms with Crippen LogP contribution in [0, 0.1) is 0 Å². The maximum atomic E-state index is 12.6. The summed E-state index contributed by atoms with van der Waals surface area (Å²) < 4.78 is 29.7. The minimum atomic E-state index is -3.47. The molecule has 0 aliphatic heterocycles. The molecule has 4 rings (SSSR count). The van der Waals surface area contributed by atoms with Gasteiger partial charge >= 0.3 is 0 Å². The fraction of sp³-hybridized carbons (Fsp3) is 0.400. The Morgan fingerprint density at radius 1 is 1.11 bits per heavy atom. The molecule has 186 valence electrons. The van der Waals surface area contributed by atoms with Crippen molar-refractivity contribution in [2.24, 2.45) is 0 Å². The van der Waals surface area contributed by atoms with Gasteiger partial charge in [-0.3, -0.25) is 4.72 Å². The van der Waals surface area contributed by atoms with E-state index >= 15 is 0 Å². The molecule has 0 atom stereocenters. The Morgan fingerprint density at radius 2 is 1.86 bits per heavy atom. The molecule has 0 saturated carbocycles. The number of benzene rings is 1. The maximum Gasteiger partial charge on any atom is 0.232 e. The van der Waals surface area contributed by atoms with E-state index in [0.717, 1.165) is 27.2 Å². The molecule has 0 amide bonds. The number of nitrogens with one attached hydrogen (secondary N) is 1. The molecule has 35 heavy (non-hydrogen) atoms. The zero-order valence-corrected chi connectivity index (χ0v) is 22.7. The van der Waals surface area contributed by atoms with Crippen molar-refractivity contribution in [2.45, 2.75) is 46.0 Å². The van der Waals surface area contributed by atoms with Crippen molar-refractivity contribution < 1.29 is 8.42 Å². The summed E-state index contributed by atoms with van der Waals surface area (Å²) in [6.45, 7) is 8.33. The molecule has 0 saturated heterocycles. The van der Waals surface area contributed by atoms with Gasteiger partial charge in [0.25, 0.3) is 0 Å². The Bertz CT molecular complexity index is 1500. The van der Waals surface area contributed by atoms with Gasteiger partial charge in [-0.25, -0.2) is 8.42 Å². The smallest absolute Gasteiger partial charge is 0.232 e. The minimum absolute atomic E-state index is 0.0741. The molecule has 3 aromatic heterocycles. The Labute approximate surface area is 210 Å². The Balaban J connectivity index is 1.86. The number of para-hydroxylation sites is 1. The van der Waals surface area contributed by atoms with Gasteiger partial charge in [0.1, 0.15) is 0 Å². The van der Waals surface area contributed by atoms with Crippen LogP contribution in [0.4, 0.5) is 10.7 Å². The number of nitrogens with zero attached hydrogens (tertiary/aromatic N) is 5. The predicted octanol–water partition coefficient (Wildman–Crippen LogP) is 4.31. The molecule has 0 aliphatic rings. The number of aromatic nitrogens is 4. The normalized spacial score (nSPS) is 13.0. The number of hydrogen-bond acceptors (Lipinski definition) is 7. The lowest BCUT2D eigenvalue weighted by atomic mass is 9.91. The van der Waals surface area contributed by atoms with Crippen LogP contribution in [0.25, 0.3) is 23.1 Å². The number of sulfonamides is 1. The lowest BCUT2D eigenvalue weighted by molar-refractivity contribution is 0.559. The van der Waals surface area contributed by atoms with Crippen molar-refractivity contribution in [2.75, 3.05) is 29.5 Å². The lowest BCUT2D eigenvalue weighted by Crippen LogP contribution is -2.22. The molecule has 0 unspecified atom stereocenters. The first-order chi connectivity index (χ1) is 16.5. The summed E-state index contributed by atoms with van der Waals surface area (Å²) in [5, 5.41) is 15.9. The summed E-state index contributed by atoms with van der Waals surface area (Å²) in [5.74, 6) is 0.573. The average Bonchev–Trinajstić information content (AvgIpc) is 3.49. The number of hydrogen-bond donors (Lipinski definition) is 1. The second kappa shape index (κ2) is 9.58. The van der Waals surface area contributed by atoms with E-state index in [4.69, 9.17) is 5.10 Å². The molecular formula is C25H32N6O2S2. The average molecular weight is 513 g/mol. The Morgan fingerprint density at radius 3 is 2.51 bits per heavy atom. The van der Waals surface area contributed by atoms with Crippen molar-refractivity contribution in [1.29, 1.82) is 0 Å². The van der Waals surface area contributed by atoms with Crippen molar-refractivity contribution in [3.05, 3.63) is 52.2 Å². The van der Waals surface area contributed by atoms with Crippen LogP contribution < -0.4 is 14.8 Å². The maximum absolute atomic E-state index is 12.6. The molecule has 0 fully saturated rings. The third-order valence-corrected chi connectivity index (χ3v) is 8.14. The van der Waals surface area contributed by atoms with Crippen LogP contribution in [0.5, 0.6) is 0 Å². The van der Waals surface area contributed by atoms with Crippen LogP contribution in [-0.2, 0) is 15.4 Å². The van der Waals surface area contributed by atoms with Crippen molar-refractivity contribution in [1.82, 2.24) is 19.8 Å². The van der Waals surface area contributed by atoms with Crippen molar-refractivity contribution in [3.8, 4) is 11.4 Å². The van der Waals surface area contributed by atoms with Gasteiger partial charge in [0.2, 0.25) is 10.0 Å². The zero-order chi connectivity index (χ0) is 25.4. The van der Waals surface area contributed by atoms with Gasteiger partial charge in [-0.15, -0.1) is 21.5 Å². The molecular weight excluding hydrogens is 480 g/mol. The van der Waals surface area contributed by atoms with E-state index in [9.17, 15) is 8.42 Å². The third kappa shape index (κ3) is 5.33. The number of anilines is 2. The van der Waals surface area contributed by atoms with Gasteiger partial charge in [-0.1, -0.05) is 46.2 Å². The highest BCUT2D eigenvalue weighted by Gasteiger charge is 2.25. The molecule has 1 aromatic carbocycles. The van der Waals surface area contributed by atoms with Crippen LogP contribution in [0.1, 0.15) is 51.1 Å². The fourth-order valence-corrected chi connectivity index (χ4v) is 5.94. The Kier molecular flexibility index (Phi) is 6.88. The van der Waals surface area contributed by atoms with E-state index in [1.165, 1.54) is 0 Å². The van der Waals surface area contributed by atoms with Gasteiger partial charge in [-0.2, -0.15) is 9.61 Å².